The smallest absolute Gasteiger partial charge is 0.282 e. The Morgan fingerprint density at radius 1 is 1.09 bits per heavy atom. The van der Waals surface area contributed by atoms with E-state index in [1.165, 1.54) is 42.5 Å². The molecule has 0 aromatic heterocycles. The number of hydrogen-bond acceptors (Lipinski definition) is 6. The highest BCUT2D eigenvalue weighted by molar-refractivity contribution is 6.30. The molecule has 174 valence electrons. The number of Topliss-reactive ketones (excluding diaryl/α,β-unsaturated/α-hetero) is 1. The summed E-state index contributed by atoms with van der Waals surface area (Å²) < 4.78 is 0. The Balaban J connectivity index is 1.74. The van der Waals surface area contributed by atoms with Gasteiger partial charge in [0.1, 0.15) is 12.1 Å². The molecule has 4 rings (SSSR count). The maximum Gasteiger partial charge on any atom is 0.282 e. The number of fused-ring (bicyclic) bond motifs is 1. The van der Waals surface area contributed by atoms with E-state index in [1.807, 2.05) is 13.0 Å². The van der Waals surface area contributed by atoms with E-state index >= 15 is 0 Å². The molecule has 0 unspecified atom stereocenters. The second-order valence-electron chi connectivity index (χ2n) is 8.26. The fourth-order valence-corrected chi connectivity index (χ4v) is 4.43. The highest BCUT2D eigenvalue weighted by Gasteiger charge is 2.52. The van der Waals surface area contributed by atoms with Gasteiger partial charge in [-0.3, -0.25) is 29.3 Å². The van der Waals surface area contributed by atoms with Gasteiger partial charge in [-0.2, -0.15) is 5.01 Å². The Morgan fingerprint density at radius 3 is 2.41 bits per heavy atom. The van der Waals surface area contributed by atoms with Crippen molar-refractivity contribution in [3.05, 3.63) is 86.4 Å². The van der Waals surface area contributed by atoms with Crippen LogP contribution in [0.3, 0.4) is 0 Å². The number of nitro groups is 1. The van der Waals surface area contributed by atoms with Gasteiger partial charge in [-0.05, 0) is 50.1 Å². The Hall–Kier alpha value is -3.85. The van der Waals surface area contributed by atoms with Crippen molar-refractivity contribution >= 4 is 40.8 Å². The summed E-state index contributed by atoms with van der Waals surface area (Å²) in [6, 6.07) is 11.1. The fraction of sp³-hybridized carbons (Fsp3) is 0.250. The average Bonchev–Trinajstić information content (AvgIpc) is 3.06. The predicted molar refractivity (Wildman–Crippen MR) is 122 cm³/mol. The molecule has 0 saturated carbocycles. The van der Waals surface area contributed by atoms with E-state index in [4.69, 9.17) is 11.6 Å². The van der Waals surface area contributed by atoms with Crippen LogP contribution in [0.2, 0.25) is 5.02 Å². The second-order valence-corrected chi connectivity index (χ2v) is 8.70. The Bertz CT molecular complexity index is 1240. The van der Waals surface area contributed by atoms with Crippen LogP contribution in [0.15, 0.2) is 60.2 Å². The minimum absolute atomic E-state index is 0.207. The number of nitro benzene ring substituents is 1. The van der Waals surface area contributed by atoms with Crippen molar-refractivity contribution in [2.75, 3.05) is 6.54 Å². The lowest BCUT2D eigenvalue weighted by Crippen LogP contribution is -2.52. The van der Waals surface area contributed by atoms with Crippen LogP contribution in [-0.4, -0.2) is 45.0 Å². The number of halogens is 1. The van der Waals surface area contributed by atoms with Crippen molar-refractivity contribution in [2.24, 2.45) is 11.8 Å². The zero-order valence-electron chi connectivity index (χ0n) is 18.1. The Kier molecular flexibility index (Phi) is 6.30. The van der Waals surface area contributed by atoms with Crippen molar-refractivity contribution in [3.63, 3.8) is 0 Å². The van der Waals surface area contributed by atoms with Gasteiger partial charge in [0.05, 0.1) is 16.8 Å². The van der Waals surface area contributed by atoms with Crippen molar-refractivity contribution in [3.8, 4) is 0 Å². The molecule has 9 nitrogen and oxygen atoms in total. The summed E-state index contributed by atoms with van der Waals surface area (Å²) in [6.07, 6.45) is 2.59. The van der Waals surface area contributed by atoms with Crippen LogP contribution in [-0.2, 0) is 9.59 Å². The number of allylic oxidation sites excluding steroid dienone is 2. The van der Waals surface area contributed by atoms with Gasteiger partial charge in [-0.15, -0.1) is 0 Å². The number of hydrazine groups is 1. The summed E-state index contributed by atoms with van der Waals surface area (Å²) in [4.78, 5) is 63.9. The second kappa shape index (κ2) is 9.18. The molecule has 10 heteroatoms. The monoisotopic (exact) mass is 481 g/mol. The summed E-state index contributed by atoms with van der Waals surface area (Å²) in [7, 11) is 0. The number of ketones is 1. The first-order valence-corrected chi connectivity index (χ1v) is 10.9. The third kappa shape index (κ3) is 4.22. The Morgan fingerprint density at radius 2 is 1.74 bits per heavy atom. The molecule has 1 saturated heterocycles. The first-order chi connectivity index (χ1) is 16.2. The third-order valence-electron chi connectivity index (χ3n) is 6.07. The van der Waals surface area contributed by atoms with Crippen LogP contribution in [0.25, 0.3) is 0 Å². The van der Waals surface area contributed by atoms with Gasteiger partial charge in [-0.25, -0.2) is 5.01 Å². The van der Waals surface area contributed by atoms with Gasteiger partial charge in [0.2, 0.25) is 0 Å². The molecule has 1 heterocycles. The first-order valence-electron chi connectivity index (χ1n) is 10.6. The predicted octanol–water partition coefficient (Wildman–Crippen LogP) is 3.83. The SMILES string of the molecule is CC1=CC[C@@H]2C(=O)N(N(CC(=O)c3ccc(Cl)cc3)C(=O)c3ccccc3[N+](=O)[O-])C(=O)[C@@H]2C1. The molecule has 1 fully saturated rings. The fourth-order valence-electron chi connectivity index (χ4n) is 4.31. The largest absolute Gasteiger partial charge is 0.292 e. The van der Waals surface area contributed by atoms with E-state index in [0.29, 0.717) is 22.9 Å². The molecule has 2 atom stereocenters. The lowest BCUT2D eigenvalue weighted by Gasteiger charge is -2.30. The average molecular weight is 482 g/mol. The molecule has 1 aliphatic carbocycles. The summed E-state index contributed by atoms with van der Waals surface area (Å²) in [6.45, 7) is 1.20. The lowest BCUT2D eigenvalue weighted by atomic mass is 9.82. The van der Waals surface area contributed by atoms with Crippen molar-refractivity contribution in [2.45, 2.75) is 19.8 Å². The van der Waals surface area contributed by atoms with Crippen LogP contribution >= 0.6 is 11.6 Å². The molecule has 1 aliphatic heterocycles. The molecule has 0 N–H and O–H groups in total. The molecule has 0 radical (unpaired) electrons. The number of nitrogens with zero attached hydrogens (tertiary/aromatic N) is 3. The normalized spacial score (nSPS) is 19.5. The molecule has 0 bridgehead atoms. The zero-order valence-corrected chi connectivity index (χ0v) is 18.9. The molecule has 3 amide bonds. The van der Waals surface area contributed by atoms with Crippen LogP contribution in [0.5, 0.6) is 0 Å². The lowest BCUT2D eigenvalue weighted by molar-refractivity contribution is -0.385. The number of rotatable bonds is 6. The molecule has 0 spiro atoms. The van der Waals surface area contributed by atoms with Crippen LogP contribution in [0, 0.1) is 22.0 Å². The van der Waals surface area contributed by atoms with Crippen LogP contribution < -0.4 is 0 Å². The maximum atomic E-state index is 13.5. The molecule has 2 aliphatic rings. The highest BCUT2D eigenvalue weighted by atomic mass is 35.5. The minimum Gasteiger partial charge on any atom is -0.292 e. The minimum atomic E-state index is -0.986. The number of imide groups is 1. The van der Waals surface area contributed by atoms with Crippen molar-refractivity contribution < 1.29 is 24.1 Å². The summed E-state index contributed by atoms with van der Waals surface area (Å²) in [5, 5.41) is 13.4. The number of carbonyl (C=O) groups is 4. The number of para-hydroxylation sites is 1. The van der Waals surface area contributed by atoms with Gasteiger partial charge in [0, 0.05) is 16.7 Å². The number of amides is 3. The van der Waals surface area contributed by atoms with Gasteiger partial charge in [0.15, 0.2) is 5.78 Å². The van der Waals surface area contributed by atoms with E-state index in [9.17, 15) is 29.3 Å². The standard InChI is InChI=1S/C24H20ClN3O6/c1-14-6-11-17-19(12-14)24(32)27(23(17)31)26(13-21(29)15-7-9-16(25)10-8-15)22(30)18-4-2-3-5-20(18)28(33)34/h2-10,17,19H,11-13H2,1H3/t17-,19+/m0/s1. The number of carbonyl (C=O) groups excluding carboxylic acids is 4. The topological polar surface area (TPSA) is 118 Å². The third-order valence-corrected chi connectivity index (χ3v) is 6.32. The van der Waals surface area contributed by atoms with E-state index in [2.05, 4.69) is 0 Å². The first kappa shape index (κ1) is 23.3. The van der Waals surface area contributed by atoms with Gasteiger partial charge in [0.25, 0.3) is 23.4 Å². The summed E-state index contributed by atoms with van der Waals surface area (Å²) in [5.41, 5.74) is 0.337. The molecule has 2 aromatic rings. The molecular formula is C24H20ClN3O6. The molecule has 2 aromatic carbocycles. The Labute approximate surface area is 199 Å². The van der Waals surface area contributed by atoms with Gasteiger partial charge < -0.3 is 0 Å². The van der Waals surface area contributed by atoms with Crippen LogP contribution in [0.4, 0.5) is 5.69 Å². The highest BCUT2D eigenvalue weighted by Crippen LogP contribution is 2.39. The molecular weight excluding hydrogens is 462 g/mol. The van der Waals surface area contributed by atoms with E-state index < -0.39 is 52.5 Å². The van der Waals surface area contributed by atoms with E-state index in [0.717, 1.165) is 16.6 Å². The maximum absolute atomic E-state index is 13.5. The van der Waals surface area contributed by atoms with Crippen LogP contribution in [0.1, 0.15) is 40.5 Å². The number of benzene rings is 2. The zero-order chi connectivity index (χ0) is 24.6. The van der Waals surface area contributed by atoms with Crippen molar-refractivity contribution in [1.82, 2.24) is 10.0 Å². The molecule has 34 heavy (non-hydrogen) atoms. The van der Waals surface area contributed by atoms with E-state index in [1.54, 1.807) is 0 Å². The summed E-state index contributed by atoms with van der Waals surface area (Å²) >= 11 is 5.88. The quantitative estimate of drug-likeness (QED) is 0.203. The van der Waals surface area contributed by atoms with E-state index in [-0.39, 0.29) is 11.1 Å². The number of hydrogen-bond donors (Lipinski definition) is 0. The van der Waals surface area contributed by atoms with Crippen molar-refractivity contribution in [1.29, 1.82) is 0 Å². The van der Waals surface area contributed by atoms with Gasteiger partial charge >= 0.3 is 0 Å². The summed E-state index contributed by atoms with van der Waals surface area (Å²) in [5.74, 6) is -4.05. The van der Waals surface area contributed by atoms with Gasteiger partial charge in [-0.1, -0.05) is 35.4 Å².